The molecule has 1 aromatic rings. The highest BCUT2D eigenvalue weighted by Gasteiger charge is 2.24. The lowest BCUT2D eigenvalue weighted by Crippen LogP contribution is -2.50. The molecule has 4 amide bonds. The van der Waals surface area contributed by atoms with E-state index in [-0.39, 0.29) is 36.9 Å². The van der Waals surface area contributed by atoms with Crippen molar-refractivity contribution in [3.8, 4) is 0 Å². The molecule has 9 heteroatoms. The molecule has 158 valence electrons. The van der Waals surface area contributed by atoms with Crippen molar-refractivity contribution in [2.45, 2.75) is 38.6 Å². The van der Waals surface area contributed by atoms with Crippen molar-refractivity contribution in [3.05, 3.63) is 29.8 Å². The predicted molar refractivity (Wildman–Crippen MR) is 107 cm³/mol. The van der Waals surface area contributed by atoms with E-state index in [1.165, 1.54) is 7.11 Å². The largest absolute Gasteiger partial charge is 0.469 e. The molecule has 1 aliphatic heterocycles. The summed E-state index contributed by atoms with van der Waals surface area (Å²) in [6, 6.07) is 6.22. The van der Waals surface area contributed by atoms with Gasteiger partial charge in [0, 0.05) is 43.3 Å². The third-order valence-corrected chi connectivity index (χ3v) is 4.64. The molecule has 0 bridgehead atoms. The standard InChI is InChI=1S/C20H28N4O5/c1-3-17(25)22-16-5-4-12-24(13-16)20(28)23-15-8-6-14(7-9-15)19(27)21-11-10-18(26)29-2/h6-9,16H,3-5,10-13H2,1-2H3,(H,21,27)(H,22,25)(H,23,28). The number of amides is 4. The summed E-state index contributed by atoms with van der Waals surface area (Å²) in [6.07, 6.45) is 2.21. The number of carbonyl (C=O) groups excluding carboxylic acids is 4. The second-order valence-corrected chi connectivity index (χ2v) is 6.80. The van der Waals surface area contributed by atoms with Crippen molar-refractivity contribution in [3.63, 3.8) is 0 Å². The first-order valence-corrected chi connectivity index (χ1v) is 9.73. The normalized spacial score (nSPS) is 15.9. The summed E-state index contributed by atoms with van der Waals surface area (Å²) < 4.78 is 4.52. The van der Waals surface area contributed by atoms with Gasteiger partial charge in [-0.2, -0.15) is 0 Å². The molecule has 1 aliphatic rings. The quantitative estimate of drug-likeness (QED) is 0.596. The Balaban J connectivity index is 1.83. The first kappa shape index (κ1) is 22.2. The Morgan fingerprint density at radius 2 is 1.90 bits per heavy atom. The van der Waals surface area contributed by atoms with E-state index in [1.807, 2.05) is 0 Å². The molecule has 9 nitrogen and oxygen atoms in total. The van der Waals surface area contributed by atoms with Crippen molar-refractivity contribution in [1.82, 2.24) is 15.5 Å². The number of benzene rings is 1. The van der Waals surface area contributed by atoms with E-state index < -0.39 is 5.97 Å². The molecular formula is C20H28N4O5. The van der Waals surface area contributed by atoms with Crippen LogP contribution in [0.2, 0.25) is 0 Å². The number of piperidine rings is 1. The maximum atomic E-state index is 12.5. The first-order chi connectivity index (χ1) is 13.9. The fourth-order valence-corrected chi connectivity index (χ4v) is 3.00. The minimum absolute atomic E-state index is 0.0160. The van der Waals surface area contributed by atoms with Crippen LogP contribution in [0.5, 0.6) is 0 Å². The van der Waals surface area contributed by atoms with Gasteiger partial charge in [-0.3, -0.25) is 14.4 Å². The van der Waals surface area contributed by atoms with Crippen LogP contribution in [0, 0.1) is 0 Å². The van der Waals surface area contributed by atoms with Crippen molar-refractivity contribution < 1.29 is 23.9 Å². The molecular weight excluding hydrogens is 376 g/mol. The minimum atomic E-state index is -0.391. The van der Waals surface area contributed by atoms with Gasteiger partial charge < -0.3 is 25.6 Å². The Morgan fingerprint density at radius 3 is 2.55 bits per heavy atom. The van der Waals surface area contributed by atoms with Crippen molar-refractivity contribution >= 4 is 29.5 Å². The van der Waals surface area contributed by atoms with Gasteiger partial charge in [-0.15, -0.1) is 0 Å². The van der Waals surface area contributed by atoms with Gasteiger partial charge in [-0.25, -0.2) is 4.79 Å². The van der Waals surface area contributed by atoms with E-state index in [0.29, 0.717) is 30.8 Å². The Hall–Kier alpha value is -3.10. The van der Waals surface area contributed by atoms with Crippen LogP contribution in [0.25, 0.3) is 0 Å². The summed E-state index contributed by atoms with van der Waals surface area (Å²) in [7, 11) is 1.29. The van der Waals surface area contributed by atoms with Gasteiger partial charge in [0.1, 0.15) is 0 Å². The van der Waals surface area contributed by atoms with Crippen molar-refractivity contribution in [2.24, 2.45) is 0 Å². The second-order valence-electron chi connectivity index (χ2n) is 6.80. The second kappa shape index (κ2) is 11.0. The summed E-state index contributed by atoms with van der Waals surface area (Å²) in [5.74, 6) is -0.715. The van der Waals surface area contributed by atoms with Crippen LogP contribution in [0.15, 0.2) is 24.3 Å². The number of nitrogens with one attached hydrogen (secondary N) is 3. The predicted octanol–water partition coefficient (Wildman–Crippen LogP) is 1.50. The zero-order valence-electron chi connectivity index (χ0n) is 16.8. The number of rotatable bonds is 7. The Labute approximate surface area is 170 Å². The zero-order valence-corrected chi connectivity index (χ0v) is 16.8. The molecule has 1 atom stereocenters. The average molecular weight is 404 g/mol. The number of esters is 1. The van der Waals surface area contributed by atoms with Gasteiger partial charge in [-0.05, 0) is 37.1 Å². The fourth-order valence-electron chi connectivity index (χ4n) is 3.00. The van der Waals surface area contributed by atoms with Gasteiger partial charge in [0.25, 0.3) is 5.91 Å². The number of carbonyl (C=O) groups is 4. The van der Waals surface area contributed by atoms with E-state index in [2.05, 4.69) is 20.7 Å². The average Bonchev–Trinajstić information content (AvgIpc) is 2.74. The third-order valence-electron chi connectivity index (χ3n) is 4.64. The number of anilines is 1. The van der Waals surface area contributed by atoms with Crippen LogP contribution in [0.1, 0.15) is 43.0 Å². The molecule has 2 rings (SSSR count). The highest BCUT2D eigenvalue weighted by Crippen LogP contribution is 2.14. The lowest BCUT2D eigenvalue weighted by Gasteiger charge is -2.33. The van der Waals surface area contributed by atoms with Gasteiger partial charge in [0.15, 0.2) is 0 Å². The summed E-state index contributed by atoms with van der Waals surface area (Å²) in [4.78, 5) is 48.8. The Bertz CT molecular complexity index is 735. The SMILES string of the molecule is CCC(=O)NC1CCCN(C(=O)Nc2ccc(C(=O)NCCC(=O)OC)cc2)C1. The third kappa shape index (κ3) is 7.10. The molecule has 1 aromatic carbocycles. The topological polar surface area (TPSA) is 117 Å². The Kier molecular flexibility index (Phi) is 8.45. The van der Waals surface area contributed by atoms with E-state index >= 15 is 0 Å². The van der Waals surface area contributed by atoms with Gasteiger partial charge in [0.2, 0.25) is 5.91 Å². The molecule has 1 unspecified atom stereocenters. The number of hydrogen-bond donors (Lipinski definition) is 3. The molecule has 0 aliphatic carbocycles. The van der Waals surface area contributed by atoms with Crippen molar-refractivity contribution in [1.29, 1.82) is 0 Å². The molecule has 0 spiro atoms. The first-order valence-electron chi connectivity index (χ1n) is 9.73. The molecule has 1 saturated heterocycles. The maximum absolute atomic E-state index is 12.5. The summed E-state index contributed by atoms with van der Waals surface area (Å²) in [6.45, 7) is 3.09. The molecule has 3 N–H and O–H groups in total. The molecule has 0 radical (unpaired) electrons. The van der Waals surface area contributed by atoms with Crippen LogP contribution in [0.4, 0.5) is 10.5 Å². The van der Waals surface area contributed by atoms with Gasteiger partial charge >= 0.3 is 12.0 Å². The number of hydrogen-bond acceptors (Lipinski definition) is 5. The van der Waals surface area contributed by atoms with Crippen LogP contribution < -0.4 is 16.0 Å². The van der Waals surface area contributed by atoms with E-state index in [4.69, 9.17) is 0 Å². The van der Waals surface area contributed by atoms with E-state index in [0.717, 1.165) is 12.8 Å². The lowest BCUT2D eigenvalue weighted by atomic mass is 10.1. The summed E-state index contributed by atoms with van der Waals surface area (Å²) in [5, 5.41) is 8.37. The molecule has 1 fully saturated rings. The maximum Gasteiger partial charge on any atom is 0.321 e. The minimum Gasteiger partial charge on any atom is -0.469 e. The van der Waals surface area contributed by atoms with Crippen LogP contribution in [-0.2, 0) is 14.3 Å². The van der Waals surface area contributed by atoms with Crippen LogP contribution in [-0.4, -0.2) is 61.5 Å². The monoisotopic (exact) mass is 404 g/mol. The Morgan fingerprint density at radius 1 is 1.17 bits per heavy atom. The van der Waals surface area contributed by atoms with Crippen LogP contribution in [0.3, 0.4) is 0 Å². The highest BCUT2D eigenvalue weighted by molar-refractivity contribution is 5.95. The number of likely N-dealkylation sites (tertiary alicyclic amines) is 1. The number of ether oxygens (including phenoxy) is 1. The van der Waals surface area contributed by atoms with Crippen LogP contribution >= 0.6 is 0 Å². The summed E-state index contributed by atoms with van der Waals surface area (Å²) in [5.41, 5.74) is 0.994. The molecule has 1 heterocycles. The zero-order chi connectivity index (χ0) is 21.2. The molecule has 0 aromatic heterocycles. The fraction of sp³-hybridized carbons (Fsp3) is 0.500. The van der Waals surface area contributed by atoms with Crippen molar-refractivity contribution in [2.75, 3.05) is 32.1 Å². The number of methoxy groups -OCH3 is 1. The van der Waals surface area contributed by atoms with Gasteiger partial charge in [0.05, 0.1) is 13.5 Å². The van der Waals surface area contributed by atoms with E-state index in [9.17, 15) is 19.2 Å². The molecule has 0 saturated carbocycles. The smallest absolute Gasteiger partial charge is 0.321 e. The van der Waals surface area contributed by atoms with Gasteiger partial charge in [-0.1, -0.05) is 6.92 Å². The molecule has 29 heavy (non-hydrogen) atoms. The lowest BCUT2D eigenvalue weighted by molar-refractivity contribution is -0.140. The highest BCUT2D eigenvalue weighted by atomic mass is 16.5. The number of urea groups is 1. The number of nitrogens with zero attached hydrogens (tertiary/aromatic N) is 1. The van der Waals surface area contributed by atoms with E-state index in [1.54, 1.807) is 36.1 Å². The summed E-state index contributed by atoms with van der Waals surface area (Å²) >= 11 is 0.